The largest absolute Gasteiger partial charge is 0.215 e. The predicted molar refractivity (Wildman–Crippen MR) is 476 cm³/mol. The third-order valence-corrected chi connectivity index (χ3v) is 22.8. The molecule has 0 aliphatic rings. The summed E-state index contributed by atoms with van der Waals surface area (Å²) in [6.07, 6.45) is 4.24. The van der Waals surface area contributed by atoms with Crippen LogP contribution in [0.5, 0.6) is 0 Å². The Morgan fingerprint density at radius 3 is 0.867 bits per heavy atom. The molecule has 0 saturated carbocycles. The van der Waals surface area contributed by atoms with Gasteiger partial charge in [-0.3, -0.25) is 0 Å². The molecule has 0 spiro atoms. The molecule has 580 valence electrons. The molecule has 14 rings (SSSR count). The summed E-state index contributed by atoms with van der Waals surface area (Å²) in [4.78, 5) is 0. The summed E-state index contributed by atoms with van der Waals surface area (Å²) < 4.78 is 15.6. The normalized spacial score (nSPS) is 10.5. The summed E-state index contributed by atoms with van der Waals surface area (Å²) in [5.41, 5.74) is 47.5. The standard InChI is InChI=1S/C16H20N.6C15H18N/c1-11-7-6-8-15(14(11)4)16-12(2)9-10-13(3)17(16)5;2*1-11-7-5-8-12(2)15(11)14-10-6-9-13(3)16(14)4;1-11-8-9-12(2)14(10-11)15-7-5-6-13(3)16(15)4;2*1-11-8-9-16(4)15(10-11)14-7-5-6-12(2)13(14)3;1-11-7-5-6-8-14(11)15-12(2)9-10-13(3)16(15)4/h6-10H,1-5H3;6*5-10H,1-4H3/q7*+1. The van der Waals surface area contributed by atoms with Gasteiger partial charge >= 0.3 is 0 Å². The molecule has 0 fully saturated rings. The number of nitrogens with zero attached hydrogens (tertiary/aromatic N) is 7. The first kappa shape index (κ1) is 87.2. The molecule has 7 aromatic heterocycles. The summed E-state index contributed by atoms with van der Waals surface area (Å²) in [5.74, 6) is 0. The van der Waals surface area contributed by atoms with Crippen LogP contribution in [0.4, 0.5) is 0 Å². The molecule has 0 atom stereocenters. The number of aromatic nitrogens is 7. The van der Waals surface area contributed by atoms with Gasteiger partial charge in [-0.05, 0) is 256 Å². The van der Waals surface area contributed by atoms with Gasteiger partial charge in [0.15, 0.2) is 40.9 Å². The molecule has 0 aliphatic carbocycles. The van der Waals surface area contributed by atoms with Crippen molar-refractivity contribution >= 4 is 0 Å². The molecule has 7 nitrogen and oxygen atoms in total. The van der Waals surface area contributed by atoms with Gasteiger partial charge in [0.2, 0.25) is 39.9 Å². The molecule has 0 saturated heterocycles. The van der Waals surface area contributed by atoms with Gasteiger partial charge in [0.05, 0.1) is 11.1 Å². The van der Waals surface area contributed by atoms with Crippen LogP contribution in [0, 0.1) is 152 Å². The van der Waals surface area contributed by atoms with Crippen molar-refractivity contribution in [3.05, 3.63) is 372 Å². The maximum absolute atomic E-state index is 2.27. The smallest absolute Gasteiger partial charge is 0.201 e. The van der Waals surface area contributed by atoms with E-state index in [4.69, 9.17) is 0 Å². The highest BCUT2D eigenvalue weighted by atomic mass is 15.0. The van der Waals surface area contributed by atoms with Crippen molar-refractivity contribution in [2.45, 2.75) is 152 Å². The van der Waals surface area contributed by atoms with E-state index >= 15 is 0 Å². The molecule has 113 heavy (non-hydrogen) atoms. The predicted octanol–water partition coefficient (Wildman–Crippen LogP) is 22.0. The van der Waals surface area contributed by atoms with Gasteiger partial charge in [0.1, 0.15) is 49.3 Å². The molecular formula is C106H128N7+7. The number of hydrogen-bond acceptors (Lipinski definition) is 0. The van der Waals surface area contributed by atoms with Crippen LogP contribution < -0.4 is 32.0 Å². The summed E-state index contributed by atoms with van der Waals surface area (Å²) >= 11 is 0. The highest BCUT2D eigenvalue weighted by Crippen LogP contribution is 2.31. The first-order valence-electron chi connectivity index (χ1n) is 39.8. The fourth-order valence-electron chi connectivity index (χ4n) is 14.6. The lowest BCUT2D eigenvalue weighted by Gasteiger charge is -2.10. The van der Waals surface area contributed by atoms with Crippen molar-refractivity contribution in [3.8, 4) is 78.8 Å². The minimum atomic E-state index is 1.28. The van der Waals surface area contributed by atoms with Gasteiger partial charge in [-0.25, -0.2) is 9.13 Å². The van der Waals surface area contributed by atoms with E-state index in [1.165, 1.54) is 202 Å². The monoisotopic (exact) mass is 1500 g/mol. The van der Waals surface area contributed by atoms with E-state index in [-0.39, 0.29) is 0 Å². The number of benzene rings is 7. The molecule has 0 N–H and O–H groups in total. The van der Waals surface area contributed by atoms with E-state index in [1.807, 2.05) is 0 Å². The topological polar surface area (TPSA) is 27.2 Å². The fraction of sp³-hybridized carbons (Fsp3) is 0.274. The van der Waals surface area contributed by atoms with Crippen LogP contribution in [0.1, 0.15) is 123 Å². The zero-order valence-electron chi connectivity index (χ0n) is 73.8. The van der Waals surface area contributed by atoms with E-state index in [9.17, 15) is 0 Å². The third kappa shape index (κ3) is 21.6. The number of hydrogen-bond donors (Lipinski definition) is 0. The second-order valence-corrected chi connectivity index (χ2v) is 31.3. The first-order valence-corrected chi connectivity index (χ1v) is 39.8. The Labute approximate surface area is 680 Å². The number of aryl methyl sites for hydroxylation is 21. The highest BCUT2D eigenvalue weighted by Gasteiger charge is 2.23. The van der Waals surface area contributed by atoms with Gasteiger partial charge in [-0.1, -0.05) is 109 Å². The van der Waals surface area contributed by atoms with E-state index in [0.29, 0.717) is 0 Å². The molecule has 7 aromatic carbocycles. The zero-order valence-corrected chi connectivity index (χ0v) is 73.8. The Balaban J connectivity index is 0.000000165. The lowest BCUT2D eigenvalue weighted by molar-refractivity contribution is -0.667. The molecule has 0 radical (unpaired) electrons. The Kier molecular flexibility index (Phi) is 30.6. The molecule has 7 heterocycles. The van der Waals surface area contributed by atoms with Crippen LogP contribution in [0.3, 0.4) is 0 Å². The Hall–Kier alpha value is -11.4. The molecule has 14 aromatic rings. The second-order valence-electron chi connectivity index (χ2n) is 31.3. The summed E-state index contributed by atoms with van der Waals surface area (Å²) in [6.45, 7) is 47.5. The van der Waals surface area contributed by atoms with Gasteiger partial charge in [-0.2, -0.15) is 22.8 Å². The molecule has 0 unspecified atom stereocenters. The average Bonchev–Trinajstić information content (AvgIpc) is 0.841. The van der Waals surface area contributed by atoms with Gasteiger partial charge in [0.25, 0.3) is 0 Å². The Bertz CT molecular complexity index is 5320. The summed E-state index contributed by atoms with van der Waals surface area (Å²) in [7, 11) is 14.8. The second kappa shape index (κ2) is 39.7. The minimum absolute atomic E-state index is 1.28. The van der Waals surface area contributed by atoms with Crippen LogP contribution in [-0.4, -0.2) is 0 Å². The van der Waals surface area contributed by atoms with E-state index in [2.05, 4.69) is 483 Å². The fourth-order valence-corrected chi connectivity index (χ4v) is 14.6. The summed E-state index contributed by atoms with van der Waals surface area (Å²) in [5, 5.41) is 0. The molecule has 7 heteroatoms. The van der Waals surface area contributed by atoms with Crippen LogP contribution in [-0.2, 0) is 49.3 Å². The average molecular weight is 1500 g/mol. The van der Waals surface area contributed by atoms with E-state index in [0.717, 1.165) is 0 Å². The molecule has 0 bridgehead atoms. The number of pyridine rings is 7. The first-order chi connectivity index (χ1) is 53.6. The molecular weight excluding hydrogens is 1370 g/mol. The maximum atomic E-state index is 2.27. The minimum Gasteiger partial charge on any atom is -0.201 e. The van der Waals surface area contributed by atoms with Crippen LogP contribution >= 0.6 is 0 Å². The van der Waals surface area contributed by atoms with Crippen molar-refractivity contribution in [2.24, 2.45) is 49.3 Å². The van der Waals surface area contributed by atoms with E-state index in [1.54, 1.807) is 0 Å². The quantitative estimate of drug-likeness (QED) is 0.142. The summed E-state index contributed by atoms with van der Waals surface area (Å²) in [6, 6.07) is 84.3. The third-order valence-electron chi connectivity index (χ3n) is 22.8. The van der Waals surface area contributed by atoms with Gasteiger partial charge < -0.3 is 0 Å². The molecule has 0 aliphatic heterocycles. The lowest BCUT2D eigenvalue weighted by atomic mass is 9.97. The van der Waals surface area contributed by atoms with Crippen molar-refractivity contribution < 1.29 is 32.0 Å². The van der Waals surface area contributed by atoms with Crippen molar-refractivity contribution in [2.75, 3.05) is 0 Å². The van der Waals surface area contributed by atoms with E-state index < -0.39 is 0 Å². The van der Waals surface area contributed by atoms with Crippen LogP contribution in [0.2, 0.25) is 0 Å². The van der Waals surface area contributed by atoms with Gasteiger partial charge in [0, 0.05) is 146 Å². The maximum Gasteiger partial charge on any atom is 0.215 e. The zero-order chi connectivity index (χ0) is 82.8. The molecule has 0 amide bonds. The van der Waals surface area contributed by atoms with Crippen molar-refractivity contribution in [1.82, 2.24) is 0 Å². The SMILES string of the molecule is Cc1cc[n+](C)c(-c2cccc(C)c2C)c1.Cc1cc[n+](C)c(-c2cccc(C)c2C)c1.Cc1ccc(C)c(-c2cccc(C)[n+]2C)c1.Cc1cccc(-c2c(C)ccc(C)[n+]2C)c1C.Cc1cccc(C)c1-c1cccc(C)[n+]1C.Cc1cccc(C)c1-c1cccc(C)[n+]1C.Cc1ccccc1-c1c(C)ccc(C)[n+]1C. The number of rotatable bonds is 7. The van der Waals surface area contributed by atoms with Crippen molar-refractivity contribution in [3.63, 3.8) is 0 Å². The van der Waals surface area contributed by atoms with Gasteiger partial charge in [-0.15, -0.1) is 0 Å². The van der Waals surface area contributed by atoms with Crippen LogP contribution in [0.15, 0.2) is 249 Å². The Morgan fingerprint density at radius 1 is 0.177 bits per heavy atom. The lowest BCUT2D eigenvalue weighted by Crippen LogP contribution is -2.35. The Morgan fingerprint density at radius 2 is 0.460 bits per heavy atom. The highest BCUT2D eigenvalue weighted by molar-refractivity contribution is 5.69. The van der Waals surface area contributed by atoms with Crippen molar-refractivity contribution in [1.29, 1.82) is 0 Å². The van der Waals surface area contributed by atoms with Crippen LogP contribution in [0.25, 0.3) is 78.8 Å².